The maximum absolute atomic E-state index is 13.4. The summed E-state index contributed by atoms with van der Waals surface area (Å²) in [5, 5.41) is 3.50. The molecule has 0 saturated carbocycles. The molecular weight excluding hydrogens is 277 g/mol. The Morgan fingerprint density at radius 1 is 1.35 bits per heavy atom. The first-order chi connectivity index (χ1) is 9.69. The lowest BCUT2D eigenvalue weighted by Gasteiger charge is -2.03. The van der Waals surface area contributed by atoms with Gasteiger partial charge in [-0.1, -0.05) is 24.6 Å². The molecule has 0 aliphatic rings. The molecule has 2 aromatic rings. The first kappa shape index (κ1) is 15.0. The molecule has 1 aromatic heterocycles. The number of nitrogens with one attached hydrogen (secondary N) is 1. The van der Waals surface area contributed by atoms with E-state index in [2.05, 4.69) is 17.2 Å². The lowest BCUT2D eigenvalue weighted by molar-refractivity contribution is 0.624. The van der Waals surface area contributed by atoms with Crippen LogP contribution in [0.25, 0.3) is 0 Å². The van der Waals surface area contributed by atoms with Crippen LogP contribution >= 0.6 is 11.6 Å². The molecule has 1 N–H and O–H groups in total. The number of nitrogens with zero attached hydrogens (tertiary/aromatic N) is 2. The SMILES string of the molecule is CCCNCCc1cn(Cc2ccc(Cl)c(F)c2)cn1. The van der Waals surface area contributed by atoms with Crippen molar-refractivity contribution in [1.29, 1.82) is 0 Å². The summed E-state index contributed by atoms with van der Waals surface area (Å²) < 4.78 is 15.3. The number of rotatable bonds is 7. The van der Waals surface area contributed by atoms with Crippen molar-refractivity contribution in [3.8, 4) is 0 Å². The van der Waals surface area contributed by atoms with Crippen molar-refractivity contribution in [2.24, 2.45) is 0 Å². The van der Waals surface area contributed by atoms with Crippen molar-refractivity contribution in [1.82, 2.24) is 14.9 Å². The van der Waals surface area contributed by atoms with Crippen LogP contribution < -0.4 is 5.32 Å². The molecule has 108 valence electrons. The molecule has 0 spiro atoms. The highest BCUT2D eigenvalue weighted by Crippen LogP contribution is 2.16. The first-order valence-corrected chi connectivity index (χ1v) is 7.22. The average molecular weight is 296 g/mol. The molecular formula is C15H19ClFN3. The molecule has 3 nitrogen and oxygen atoms in total. The zero-order chi connectivity index (χ0) is 14.4. The third-order valence-corrected chi connectivity index (χ3v) is 3.33. The molecule has 20 heavy (non-hydrogen) atoms. The number of imidazole rings is 1. The highest BCUT2D eigenvalue weighted by molar-refractivity contribution is 6.30. The van der Waals surface area contributed by atoms with E-state index < -0.39 is 0 Å². The highest BCUT2D eigenvalue weighted by atomic mass is 35.5. The second kappa shape index (κ2) is 7.41. The smallest absolute Gasteiger partial charge is 0.142 e. The van der Waals surface area contributed by atoms with Crippen molar-refractivity contribution < 1.29 is 4.39 Å². The van der Waals surface area contributed by atoms with E-state index in [0.29, 0.717) is 6.54 Å². The van der Waals surface area contributed by atoms with E-state index in [-0.39, 0.29) is 10.8 Å². The van der Waals surface area contributed by atoms with Gasteiger partial charge in [-0.2, -0.15) is 0 Å². The van der Waals surface area contributed by atoms with Crippen LogP contribution in [-0.2, 0) is 13.0 Å². The van der Waals surface area contributed by atoms with Crippen LogP contribution in [-0.4, -0.2) is 22.6 Å². The zero-order valence-electron chi connectivity index (χ0n) is 11.6. The minimum absolute atomic E-state index is 0.155. The molecule has 0 aliphatic carbocycles. The van der Waals surface area contributed by atoms with Gasteiger partial charge in [-0.15, -0.1) is 0 Å². The first-order valence-electron chi connectivity index (χ1n) is 6.84. The topological polar surface area (TPSA) is 29.9 Å². The lowest BCUT2D eigenvalue weighted by Crippen LogP contribution is -2.17. The second-order valence-corrected chi connectivity index (χ2v) is 5.19. The molecule has 0 unspecified atom stereocenters. The summed E-state index contributed by atoms with van der Waals surface area (Å²) >= 11 is 5.67. The van der Waals surface area contributed by atoms with Crippen LogP contribution in [0.1, 0.15) is 24.6 Å². The fraction of sp³-hybridized carbons (Fsp3) is 0.400. The molecule has 0 saturated heterocycles. The van der Waals surface area contributed by atoms with Crippen LogP contribution in [0.4, 0.5) is 4.39 Å². The van der Waals surface area contributed by atoms with Crippen LogP contribution in [0.5, 0.6) is 0 Å². The molecule has 0 radical (unpaired) electrons. The van der Waals surface area contributed by atoms with Gasteiger partial charge < -0.3 is 9.88 Å². The third kappa shape index (κ3) is 4.32. The summed E-state index contributed by atoms with van der Waals surface area (Å²) in [6, 6.07) is 4.87. The van der Waals surface area contributed by atoms with Gasteiger partial charge >= 0.3 is 0 Å². The largest absolute Gasteiger partial charge is 0.333 e. The Balaban J connectivity index is 1.90. The van der Waals surface area contributed by atoms with Gasteiger partial charge in [0.25, 0.3) is 0 Å². The van der Waals surface area contributed by atoms with Crippen LogP contribution in [0.2, 0.25) is 5.02 Å². The predicted molar refractivity (Wildman–Crippen MR) is 79.6 cm³/mol. The van der Waals surface area contributed by atoms with Gasteiger partial charge in [0, 0.05) is 25.7 Å². The van der Waals surface area contributed by atoms with Gasteiger partial charge in [0.05, 0.1) is 17.0 Å². The number of benzene rings is 1. The van der Waals surface area contributed by atoms with Gasteiger partial charge in [-0.3, -0.25) is 0 Å². The van der Waals surface area contributed by atoms with Crippen molar-refractivity contribution >= 4 is 11.6 Å². The molecule has 1 aromatic carbocycles. The lowest BCUT2D eigenvalue weighted by atomic mass is 10.2. The highest BCUT2D eigenvalue weighted by Gasteiger charge is 2.03. The van der Waals surface area contributed by atoms with E-state index in [4.69, 9.17) is 11.6 Å². The fourth-order valence-corrected chi connectivity index (χ4v) is 2.11. The van der Waals surface area contributed by atoms with E-state index in [1.54, 1.807) is 12.4 Å². The monoisotopic (exact) mass is 295 g/mol. The third-order valence-electron chi connectivity index (χ3n) is 3.02. The Morgan fingerprint density at radius 2 is 2.20 bits per heavy atom. The van der Waals surface area contributed by atoms with Gasteiger partial charge in [0.2, 0.25) is 0 Å². The van der Waals surface area contributed by atoms with E-state index >= 15 is 0 Å². The molecule has 0 amide bonds. The minimum Gasteiger partial charge on any atom is -0.333 e. The average Bonchev–Trinajstić information content (AvgIpc) is 2.87. The van der Waals surface area contributed by atoms with Gasteiger partial charge in [-0.25, -0.2) is 9.37 Å². The maximum Gasteiger partial charge on any atom is 0.142 e. The van der Waals surface area contributed by atoms with Crippen molar-refractivity contribution in [2.45, 2.75) is 26.3 Å². The molecule has 0 aliphatic heterocycles. The summed E-state index contributed by atoms with van der Waals surface area (Å²) in [7, 11) is 0. The van der Waals surface area contributed by atoms with E-state index in [1.165, 1.54) is 6.07 Å². The van der Waals surface area contributed by atoms with Crippen molar-refractivity contribution in [2.75, 3.05) is 13.1 Å². The van der Waals surface area contributed by atoms with Crippen LogP contribution in [0.15, 0.2) is 30.7 Å². The summed E-state index contributed by atoms with van der Waals surface area (Å²) in [6.07, 6.45) is 5.82. The maximum atomic E-state index is 13.4. The Bertz CT molecular complexity index is 554. The van der Waals surface area contributed by atoms with Gasteiger partial charge in [0.15, 0.2) is 0 Å². The van der Waals surface area contributed by atoms with E-state index in [0.717, 1.165) is 37.2 Å². The second-order valence-electron chi connectivity index (χ2n) is 4.79. The summed E-state index contributed by atoms with van der Waals surface area (Å²) in [6.45, 7) is 4.71. The standard InChI is InChI=1S/C15H19ClFN3/c1-2-6-18-7-5-13-10-20(11-19-13)9-12-3-4-14(16)15(17)8-12/h3-4,8,10-11,18H,2,5-7,9H2,1H3. The minimum atomic E-state index is -0.381. The Kier molecular flexibility index (Phi) is 5.56. The number of halogens is 2. The molecule has 1 heterocycles. The van der Waals surface area contributed by atoms with Crippen molar-refractivity contribution in [3.63, 3.8) is 0 Å². The van der Waals surface area contributed by atoms with Gasteiger partial charge in [0.1, 0.15) is 5.82 Å². The molecule has 0 fully saturated rings. The predicted octanol–water partition coefficient (Wildman–Crippen LogP) is 3.27. The number of aromatic nitrogens is 2. The normalized spacial score (nSPS) is 10.9. The summed E-state index contributed by atoms with van der Waals surface area (Å²) in [4.78, 5) is 4.35. The van der Waals surface area contributed by atoms with E-state index in [9.17, 15) is 4.39 Å². The van der Waals surface area contributed by atoms with Crippen LogP contribution in [0, 0.1) is 5.82 Å². The fourth-order valence-electron chi connectivity index (χ4n) is 1.99. The molecule has 2 rings (SSSR count). The molecule has 0 bridgehead atoms. The Labute approximate surface area is 123 Å². The van der Waals surface area contributed by atoms with Gasteiger partial charge in [-0.05, 0) is 30.7 Å². The van der Waals surface area contributed by atoms with Crippen LogP contribution in [0.3, 0.4) is 0 Å². The van der Waals surface area contributed by atoms with Crippen molar-refractivity contribution in [3.05, 3.63) is 52.8 Å². The summed E-state index contributed by atoms with van der Waals surface area (Å²) in [5.74, 6) is -0.381. The summed E-state index contributed by atoms with van der Waals surface area (Å²) in [5.41, 5.74) is 1.92. The number of hydrogen-bond acceptors (Lipinski definition) is 2. The zero-order valence-corrected chi connectivity index (χ0v) is 12.3. The Hall–Kier alpha value is -1.39. The quantitative estimate of drug-likeness (QED) is 0.795. The molecule has 0 atom stereocenters. The molecule has 5 heteroatoms. The van der Waals surface area contributed by atoms with E-state index in [1.807, 2.05) is 16.8 Å². The Morgan fingerprint density at radius 3 is 2.95 bits per heavy atom. The number of hydrogen-bond donors (Lipinski definition) is 1.